The van der Waals surface area contributed by atoms with E-state index >= 15 is 0 Å². The van der Waals surface area contributed by atoms with Crippen molar-refractivity contribution in [2.24, 2.45) is 0 Å². The quantitative estimate of drug-likeness (QED) is 0.846. The summed E-state index contributed by atoms with van der Waals surface area (Å²) in [5, 5.41) is 12.8. The molecule has 2 rings (SSSR count). The van der Waals surface area contributed by atoms with Crippen molar-refractivity contribution in [3.05, 3.63) is 28.5 Å². The van der Waals surface area contributed by atoms with Gasteiger partial charge in [-0.05, 0) is 31.9 Å². The van der Waals surface area contributed by atoms with Gasteiger partial charge in [0.25, 0.3) is 5.91 Å². The van der Waals surface area contributed by atoms with Gasteiger partial charge in [0.2, 0.25) is 0 Å². The van der Waals surface area contributed by atoms with Crippen LogP contribution in [0, 0.1) is 18.3 Å². The summed E-state index contributed by atoms with van der Waals surface area (Å²) in [6.45, 7) is 1.79. The fraction of sp³-hybridized carbons (Fsp3) is 0.562. The van der Waals surface area contributed by atoms with Crippen LogP contribution in [0.25, 0.3) is 0 Å². The number of aryl methyl sites for hydroxylation is 1. The van der Waals surface area contributed by atoms with Gasteiger partial charge in [0, 0.05) is 11.3 Å². The van der Waals surface area contributed by atoms with Crippen molar-refractivity contribution in [2.75, 3.05) is 0 Å². The normalized spacial score (nSPS) is 18.1. The molecule has 1 aliphatic carbocycles. The molecule has 0 atom stereocenters. The van der Waals surface area contributed by atoms with E-state index in [1.165, 1.54) is 12.5 Å². The summed E-state index contributed by atoms with van der Waals surface area (Å²) in [5.41, 5.74) is 0.404. The number of carbonyl (C=O) groups excluding carboxylic acids is 1. The minimum absolute atomic E-state index is 0.246. The van der Waals surface area contributed by atoms with Gasteiger partial charge >= 0.3 is 0 Å². The first kappa shape index (κ1) is 15.8. The van der Waals surface area contributed by atoms with Gasteiger partial charge in [0.1, 0.15) is 10.7 Å². The molecular formula is C16H20ClN3O. The van der Waals surface area contributed by atoms with E-state index in [9.17, 15) is 10.1 Å². The number of hydrogen-bond acceptors (Lipinski definition) is 3. The summed E-state index contributed by atoms with van der Waals surface area (Å²) in [7, 11) is 0. The minimum Gasteiger partial charge on any atom is -0.334 e. The highest BCUT2D eigenvalue weighted by Crippen LogP contribution is 2.26. The molecule has 0 unspecified atom stereocenters. The summed E-state index contributed by atoms with van der Waals surface area (Å²) < 4.78 is 0. The molecule has 1 saturated carbocycles. The Morgan fingerprint density at radius 1 is 1.29 bits per heavy atom. The lowest BCUT2D eigenvalue weighted by molar-refractivity contribution is 0.0907. The second-order valence-electron chi connectivity index (χ2n) is 5.74. The third-order valence-electron chi connectivity index (χ3n) is 3.96. The zero-order valence-electron chi connectivity index (χ0n) is 12.3. The van der Waals surface area contributed by atoms with Crippen LogP contribution in [0.5, 0.6) is 0 Å². The number of pyridine rings is 1. The number of amides is 1. The van der Waals surface area contributed by atoms with Crippen LogP contribution < -0.4 is 5.32 Å². The van der Waals surface area contributed by atoms with E-state index in [0.29, 0.717) is 29.3 Å². The average Bonchev–Trinajstić information content (AvgIpc) is 2.41. The Morgan fingerprint density at radius 3 is 2.48 bits per heavy atom. The highest BCUT2D eigenvalue weighted by atomic mass is 35.5. The Hall–Kier alpha value is -1.60. The van der Waals surface area contributed by atoms with Crippen molar-refractivity contribution >= 4 is 17.5 Å². The predicted octanol–water partition coefficient (Wildman–Crippen LogP) is 3.78. The molecule has 0 spiro atoms. The topological polar surface area (TPSA) is 65.8 Å². The summed E-state index contributed by atoms with van der Waals surface area (Å²) >= 11 is 5.90. The van der Waals surface area contributed by atoms with Gasteiger partial charge in [0.15, 0.2) is 0 Å². The molecule has 5 heteroatoms. The molecule has 1 aromatic heterocycles. The molecule has 1 aliphatic rings. The molecule has 0 aliphatic heterocycles. The fourth-order valence-electron chi connectivity index (χ4n) is 2.82. The third-order valence-corrected chi connectivity index (χ3v) is 4.15. The second-order valence-corrected chi connectivity index (χ2v) is 6.12. The highest BCUT2D eigenvalue weighted by molar-refractivity contribution is 6.29. The van der Waals surface area contributed by atoms with Crippen LogP contribution in [-0.4, -0.2) is 16.4 Å². The monoisotopic (exact) mass is 305 g/mol. The molecule has 1 heterocycles. The zero-order valence-corrected chi connectivity index (χ0v) is 13.0. The molecule has 112 valence electrons. The van der Waals surface area contributed by atoms with E-state index in [-0.39, 0.29) is 5.91 Å². The van der Waals surface area contributed by atoms with Crippen LogP contribution in [0.3, 0.4) is 0 Å². The van der Waals surface area contributed by atoms with Gasteiger partial charge in [-0.25, -0.2) is 4.98 Å². The molecule has 1 fully saturated rings. The van der Waals surface area contributed by atoms with E-state index in [4.69, 9.17) is 11.6 Å². The van der Waals surface area contributed by atoms with Gasteiger partial charge in [-0.2, -0.15) is 5.26 Å². The van der Waals surface area contributed by atoms with Gasteiger partial charge < -0.3 is 5.32 Å². The number of rotatable bonds is 2. The maximum absolute atomic E-state index is 12.4. The Labute approximate surface area is 130 Å². The van der Waals surface area contributed by atoms with Crippen LogP contribution in [0.2, 0.25) is 5.15 Å². The van der Waals surface area contributed by atoms with Gasteiger partial charge in [-0.3, -0.25) is 4.79 Å². The number of nitriles is 1. The van der Waals surface area contributed by atoms with Gasteiger partial charge in [-0.1, -0.05) is 43.7 Å². The maximum Gasteiger partial charge on any atom is 0.252 e. The van der Waals surface area contributed by atoms with Gasteiger partial charge in [0.05, 0.1) is 6.07 Å². The Kier molecular flexibility index (Phi) is 5.19. The van der Waals surface area contributed by atoms with Crippen molar-refractivity contribution in [1.29, 1.82) is 5.26 Å². The SMILES string of the molecule is Cc1cc(C(=O)NC2(C#N)CCCCCCC2)cc(Cl)n1. The molecule has 0 saturated heterocycles. The average molecular weight is 306 g/mol. The molecule has 0 radical (unpaired) electrons. The van der Waals surface area contributed by atoms with Crippen LogP contribution >= 0.6 is 11.6 Å². The van der Waals surface area contributed by atoms with Crippen molar-refractivity contribution in [1.82, 2.24) is 10.3 Å². The van der Waals surface area contributed by atoms with Gasteiger partial charge in [-0.15, -0.1) is 0 Å². The minimum atomic E-state index is -0.749. The first-order chi connectivity index (χ1) is 10.0. The van der Waals surface area contributed by atoms with E-state index in [2.05, 4.69) is 16.4 Å². The standard InChI is InChI=1S/C16H20ClN3O/c1-12-9-13(10-14(17)19-12)15(21)20-16(11-18)7-5-3-2-4-6-8-16/h9-10H,2-8H2,1H3,(H,20,21). The lowest BCUT2D eigenvalue weighted by Gasteiger charge is -2.29. The molecule has 4 nitrogen and oxygen atoms in total. The van der Waals surface area contributed by atoms with E-state index in [1.807, 2.05) is 0 Å². The summed E-state index contributed by atoms with van der Waals surface area (Å²) in [5.74, 6) is -0.246. The third kappa shape index (κ3) is 4.18. The van der Waals surface area contributed by atoms with Crippen LogP contribution in [0.4, 0.5) is 0 Å². The van der Waals surface area contributed by atoms with Crippen molar-refractivity contribution in [2.45, 2.75) is 57.4 Å². The van der Waals surface area contributed by atoms with Crippen LogP contribution in [-0.2, 0) is 0 Å². The highest BCUT2D eigenvalue weighted by Gasteiger charge is 2.32. The number of halogens is 1. The zero-order chi connectivity index (χ0) is 15.3. The maximum atomic E-state index is 12.4. The Balaban J connectivity index is 2.16. The second kappa shape index (κ2) is 6.91. The molecule has 1 N–H and O–H groups in total. The summed E-state index contributed by atoms with van der Waals surface area (Å²) in [4.78, 5) is 16.5. The molecule has 0 bridgehead atoms. The smallest absolute Gasteiger partial charge is 0.252 e. The molecule has 1 aromatic rings. The lowest BCUT2D eigenvalue weighted by atomic mass is 9.85. The molecule has 21 heavy (non-hydrogen) atoms. The van der Waals surface area contributed by atoms with Crippen molar-refractivity contribution < 1.29 is 4.79 Å². The molecule has 1 amide bonds. The summed E-state index contributed by atoms with van der Waals surface area (Å²) in [6.07, 6.45) is 6.85. The van der Waals surface area contributed by atoms with E-state index in [0.717, 1.165) is 25.7 Å². The summed E-state index contributed by atoms with van der Waals surface area (Å²) in [6, 6.07) is 5.56. The van der Waals surface area contributed by atoms with Crippen molar-refractivity contribution in [3.63, 3.8) is 0 Å². The predicted molar refractivity (Wildman–Crippen MR) is 82.1 cm³/mol. The lowest BCUT2D eigenvalue weighted by Crippen LogP contribution is -2.47. The van der Waals surface area contributed by atoms with Crippen molar-refractivity contribution in [3.8, 4) is 6.07 Å². The Bertz CT molecular complexity index is 537. The fourth-order valence-corrected chi connectivity index (χ4v) is 3.07. The first-order valence-electron chi connectivity index (χ1n) is 7.43. The Morgan fingerprint density at radius 2 is 1.90 bits per heavy atom. The molecule has 0 aromatic carbocycles. The largest absolute Gasteiger partial charge is 0.334 e. The first-order valence-corrected chi connectivity index (χ1v) is 7.80. The number of nitrogens with one attached hydrogen (secondary N) is 1. The molecular weight excluding hydrogens is 286 g/mol. The number of aromatic nitrogens is 1. The van der Waals surface area contributed by atoms with Crippen LogP contribution in [0.15, 0.2) is 12.1 Å². The number of carbonyl (C=O) groups is 1. The van der Waals surface area contributed by atoms with E-state index < -0.39 is 5.54 Å². The van der Waals surface area contributed by atoms with E-state index in [1.54, 1.807) is 13.0 Å². The number of nitrogens with zero attached hydrogens (tertiary/aromatic N) is 2. The number of hydrogen-bond donors (Lipinski definition) is 1. The van der Waals surface area contributed by atoms with Crippen LogP contribution in [0.1, 0.15) is 61.0 Å².